The quantitative estimate of drug-likeness (QED) is 0.785. The van der Waals surface area contributed by atoms with Crippen LogP contribution in [0.1, 0.15) is 23.7 Å². The molecule has 0 amide bonds. The highest BCUT2D eigenvalue weighted by Crippen LogP contribution is 2.17. The summed E-state index contributed by atoms with van der Waals surface area (Å²) in [7, 11) is -3.51. The normalized spacial score (nSPS) is 15.6. The molecule has 1 aliphatic heterocycles. The zero-order valence-corrected chi connectivity index (χ0v) is 13.9. The van der Waals surface area contributed by atoms with Crippen molar-refractivity contribution in [1.29, 1.82) is 0 Å². The summed E-state index contributed by atoms with van der Waals surface area (Å²) in [6.07, 6.45) is 5.42. The lowest BCUT2D eigenvalue weighted by molar-refractivity contribution is 0.240. The highest BCUT2D eigenvalue weighted by molar-refractivity contribution is 7.90. The molecule has 2 aromatic rings. The van der Waals surface area contributed by atoms with Gasteiger partial charge in [0.2, 0.25) is 15.0 Å². The van der Waals surface area contributed by atoms with Crippen molar-refractivity contribution in [3.63, 3.8) is 0 Å². The van der Waals surface area contributed by atoms with Crippen molar-refractivity contribution in [2.24, 2.45) is 0 Å². The molecule has 0 unspecified atom stereocenters. The van der Waals surface area contributed by atoms with E-state index in [9.17, 15) is 13.2 Å². The molecule has 3 heterocycles. The van der Waals surface area contributed by atoms with Gasteiger partial charge in [0.05, 0.1) is 17.5 Å². The molecule has 0 saturated carbocycles. The van der Waals surface area contributed by atoms with Crippen LogP contribution >= 0.6 is 0 Å². The van der Waals surface area contributed by atoms with Crippen LogP contribution in [0, 0.1) is 0 Å². The lowest BCUT2D eigenvalue weighted by Gasteiger charge is -2.27. The molecule has 3 rings (SSSR count). The van der Waals surface area contributed by atoms with E-state index < -0.39 is 9.84 Å². The molecular formula is C14H19N5O3S. The average Bonchev–Trinajstić information content (AvgIpc) is 2.94. The molecule has 124 valence electrons. The van der Waals surface area contributed by atoms with E-state index >= 15 is 0 Å². The third kappa shape index (κ3) is 3.35. The predicted molar refractivity (Wildman–Crippen MR) is 83.7 cm³/mol. The first kappa shape index (κ1) is 15.9. The van der Waals surface area contributed by atoms with E-state index in [0.717, 1.165) is 24.9 Å². The highest BCUT2D eigenvalue weighted by atomic mass is 32.2. The number of sulfone groups is 1. The lowest BCUT2D eigenvalue weighted by Crippen LogP contribution is -2.36. The van der Waals surface area contributed by atoms with Crippen molar-refractivity contribution in [1.82, 2.24) is 24.6 Å². The van der Waals surface area contributed by atoms with Crippen LogP contribution in [0.15, 0.2) is 22.3 Å². The Hall–Kier alpha value is -2.00. The number of aryl methyl sites for hydroxylation is 1. The molecule has 2 aromatic heterocycles. The third-order valence-corrected chi connectivity index (χ3v) is 4.79. The van der Waals surface area contributed by atoms with E-state index in [4.69, 9.17) is 0 Å². The first-order valence-electron chi connectivity index (χ1n) is 7.42. The zero-order chi connectivity index (χ0) is 16.6. The van der Waals surface area contributed by atoms with Gasteiger partial charge in [0, 0.05) is 50.6 Å². The molecule has 9 heteroatoms. The minimum Gasteiger partial charge on any atom is -0.297 e. The minimum atomic E-state index is -3.51. The molecule has 8 nitrogen and oxygen atoms in total. The van der Waals surface area contributed by atoms with Gasteiger partial charge in [-0.3, -0.25) is 19.4 Å². The zero-order valence-electron chi connectivity index (χ0n) is 13.1. The van der Waals surface area contributed by atoms with Crippen molar-refractivity contribution in [3.8, 4) is 0 Å². The summed E-state index contributed by atoms with van der Waals surface area (Å²) in [6.45, 7) is 4.73. The van der Waals surface area contributed by atoms with Crippen LogP contribution < -0.4 is 5.56 Å². The van der Waals surface area contributed by atoms with Crippen LogP contribution in [-0.4, -0.2) is 45.9 Å². The number of nitrogens with zero attached hydrogens (tertiary/aromatic N) is 4. The van der Waals surface area contributed by atoms with Gasteiger partial charge in [-0.15, -0.1) is 0 Å². The highest BCUT2D eigenvalue weighted by Gasteiger charge is 2.23. The monoisotopic (exact) mass is 337 g/mol. The third-order valence-electron chi connectivity index (χ3n) is 3.89. The van der Waals surface area contributed by atoms with Crippen molar-refractivity contribution >= 4 is 9.84 Å². The smallest absolute Gasteiger partial charge is 0.256 e. The second-order valence-corrected chi connectivity index (χ2v) is 7.66. The number of rotatable bonds is 4. The van der Waals surface area contributed by atoms with Crippen molar-refractivity contribution < 1.29 is 8.42 Å². The van der Waals surface area contributed by atoms with Crippen LogP contribution in [0.5, 0.6) is 0 Å². The van der Waals surface area contributed by atoms with E-state index in [1.54, 1.807) is 0 Å². The average molecular weight is 337 g/mol. The van der Waals surface area contributed by atoms with Crippen molar-refractivity contribution in [3.05, 3.63) is 39.6 Å². The Labute approximate surface area is 134 Å². The number of hydrogen-bond acceptors (Lipinski definition) is 6. The summed E-state index contributed by atoms with van der Waals surface area (Å²) < 4.78 is 25.0. The van der Waals surface area contributed by atoms with Gasteiger partial charge in [-0.25, -0.2) is 13.4 Å². The summed E-state index contributed by atoms with van der Waals surface area (Å²) in [4.78, 5) is 20.8. The summed E-state index contributed by atoms with van der Waals surface area (Å²) in [5.41, 5.74) is 1.85. The van der Waals surface area contributed by atoms with E-state index in [-0.39, 0.29) is 10.7 Å². The number of aromatic nitrogens is 4. The molecule has 23 heavy (non-hydrogen) atoms. The topological polar surface area (TPSA) is 101 Å². The van der Waals surface area contributed by atoms with Gasteiger partial charge < -0.3 is 0 Å². The van der Waals surface area contributed by atoms with E-state index in [1.807, 2.05) is 24.0 Å². The standard InChI is InChI=1S/C14H19N5O3S/c1-3-19-8-10(6-15-19)7-18-5-4-12-11(9-18)13(20)17-14(16-12)23(2,21)22/h6,8H,3-5,7,9H2,1-2H3,(H,16,17,20). The molecular weight excluding hydrogens is 318 g/mol. The van der Waals surface area contributed by atoms with E-state index in [2.05, 4.69) is 20.0 Å². The van der Waals surface area contributed by atoms with Gasteiger partial charge in [-0.05, 0) is 6.92 Å². The maximum atomic E-state index is 12.2. The van der Waals surface area contributed by atoms with Crippen LogP contribution in [0.25, 0.3) is 0 Å². The maximum Gasteiger partial charge on any atom is 0.256 e. The fraction of sp³-hybridized carbons (Fsp3) is 0.500. The van der Waals surface area contributed by atoms with Crippen molar-refractivity contribution in [2.75, 3.05) is 12.8 Å². The van der Waals surface area contributed by atoms with Gasteiger partial charge in [-0.2, -0.15) is 5.10 Å². The fourth-order valence-electron chi connectivity index (χ4n) is 2.69. The van der Waals surface area contributed by atoms with Gasteiger partial charge in [0.25, 0.3) is 5.56 Å². The number of H-pyrrole nitrogens is 1. The number of fused-ring (bicyclic) bond motifs is 1. The summed E-state index contributed by atoms with van der Waals surface area (Å²) in [5, 5.41) is 3.99. The second kappa shape index (κ2) is 5.89. The molecule has 0 spiro atoms. The Morgan fingerprint density at radius 1 is 1.39 bits per heavy atom. The molecule has 1 N–H and O–H groups in total. The summed E-state index contributed by atoms with van der Waals surface area (Å²) in [5.74, 6) is 0. The van der Waals surface area contributed by atoms with Gasteiger partial charge in [0.1, 0.15) is 0 Å². The van der Waals surface area contributed by atoms with Gasteiger partial charge in [-0.1, -0.05) is 0 Å². The van der Waals surface area contributed by atoms with Gasteiger partial charge >= 0.3 is 0 Å². The predicted octanol–water partition coefficient (Wildman–Crippen LogP) is -0.0519. The second-order valence-electron chi connectivity index (χ2n) is 5.73. The molecule has 1 aliphatic rings. The molecule has 0 aliphatic carbocycles. The largest absolute Gasteiger partial charge is 0.297 e. The Morgan fingerprint density at radius 2 is 2.17 bits per heavy atom. The van der Waals surface area contributed by atoms with Crippen LogP contribution in [0.3, 0.4) is 0 Å². The first-order chi connectivity index (χ1) is 10.9. The fourth-order valence-corrected chi connectivity index (χ4v) is 3.24. The SMILES string of the molecule is CCn1cc(CN2CCc3nc(S(C)(=O)=O)[nH]c(=O)c3C2)cn1. The Morgan fingerprint density at radius 3 is 2.83 bits per heavy atom. The molecule has 0 aromatic carbocycles. The number of nitrogens with one attached hydrogen (secondary N) is 1. The van der Waals surface area contributed by atoms with E-state index in [1.165, 1.54) is 0 Å². The molecule has 0 bridgehead atoms. The minimum absolute atomic E-state index is 0.251. The van der Waals surface area contributed by atoms with Crippen LogP contribution in [0.4, 0.5) is 0 Å². The van der Waals surface area contributed by atoms with Crippen molar-refractivity contribution in [2.45, 2.75) is 38.1 Å². The maximum absolute atomic E-state index is 12.2. The molecule has 0 radical (unpaired) electrons. The van der Waals surface area contributed by atoms with Crippen LogP contribution in [-0.2, 0) is 35.9 Å². The van der Waals surface area contributed by atoms with E-state index in [0.29, 0.717) is 30.8 Å². The number of aromatic amines is 1. The molecule has 0 atom stereocenters. The van der Waals surface area contributed by atoms with Crippen LogP contribution in [0.2, 0.25) is 0 Å². The molecule has 0 fully saturated rings. The Bertz CT molecular complexity index is 884. The summed E-state index contributed by atoms with van der Waals surface area (Å²) >= 11 is 0. The lowest BCUT2D eigenvalue weighted by atomic mass is 10.1. The number of hydrogen-bond donors (Lipinski definition) is 1. The first-order valence-corrected chi connectivity index (χ1v) is 9.31. The molecule has 0 saturated heterocycles. The van der Waals surface area contributed by atoms with Gasteiger partial charge in [0.15, 0.2) is 0 Å². The summed E-state index contributed by atoms with van der Waals surface area (Å²) in [6, 6.07) is 0. The Balaban J connectivity index is 1.82. The Kier molecular flexibility index (Phi) is 4.07.